The van der Waals surface area contributed by atoms with Gasteiger partial charge in [-0.3, -0.25) is 9.69 Å². The third kappa shape index (κ3) is 5.63. The van der Waals surface area contributed by atoms with Crippen LogP contribution in [0.1, 0.15) is 21.5 Å². The van der Waals surface area contributed by atoms with Crippen molar-refractivity contribution >= 4 is 17.5 Å². The average molecular weight is 439 g/mol. The molecule has 6 heteroatoms. The van der Waals surface area contributed by atoms with Crippen molar-refractivity contribution in [2.45, 2.75) is 13.2 Å². The number of carbonyl (C=O) groups is 1. The zero-order valence-corrected chi connectivity index (χ0v) is 17.9. The van der Waals surface area contributed by atoms with E-state index in [0.29, 0.717) is 48.1 Å². The molecule has 0 N–H and O–H groups in total. The number of hydrogen-bond acceptors (Lipinski definition) is 3. The second-order valence-corrected chi connectivity index (χ2v) is 8.04. The molecule has 0 aromatic heterocycles. The molecule has 3 aromatic rings. The number of rotatable bonds is 6. The summed E-state index contributed by atoms with van der Waals surface area (Å²) in [5.74, 6) is 0.550. The van der Waals surface area contributed by atoms with Crippen LogP contribution in [0.4, 0.5) is 4.39 Å². The highest BCUT2D eigenvalue weighted by molar-refractivity contribution is 6.30. The van der Waals surface area contributed by atoms with Gasteiger partial charge in [0.15, 0.2) is 0 Å². The summed E-state index contributed by atoms with van der Waals surface area (Å²) in [5, 5.41) is 0.632. The van der Waals surface area contributed by atoms with Crippen LogP contribution in [0.3, 0.4) is 0 Å². The fraction of sp³-hybridized carbons (Fsp3) is 0.240. The van der Waals surface area contributed by atoms with Gasteiger partial charge in [0, 0.05) is 48.9 Å². The van der Waals surface area contributed by atoms with Gasteiger partial charge < -0.3 is 9.64 Å². The maximum atomic E-state index is 13.9. The summed E-state index contributed by atoms with van der Waals surface area (Å²) >= 11 is 5.97. The van der Waals surface area contributed by atoms with Gasteiger partial charge in [-0.15, -0.1) is 0 Å². The van der Waals surface area contributed by atoms with E-state index in [2.05, 4.69) is 4.90 Å². The van der Waals surface area contributed by atoms with E-state index < -0.39 is 0 Å². The molecule has 1 saturated heterocycles. The molecule has 0 spiro atoms. The first kappa shape index (κ1) is 21.3. The lowest BCUT2D eigenvalue weighted by molar-refractivity contribution is 0.0627. The zero-order chi connectivity index (χ0) is 21.6. The first-order valence-electron chi connectivity index (χ1n) is 10.3. The van der Waals surface area contributed by atoms with Gasteiger partial charge in [0.25, 0.3) is 5.91 Å². The van der Waals surface area contributed by atoms with Crippen molar-refractivity contribution < 1.29 is 13.9 Å². The van der Waals surface area contributed by atoms with E-state index in [1.165, 1.54) is 6.07 Å². The highest BCUT2D eigenvalue weighted by Gasteiger charge is 2.22. The van der Waals surface area contributed by atoms with E-state index in [4.69, 9.17) is 16.3 Å². The lowest BCUT2D eigenvalue weighted by Crippen LogP contribution is -2.48. The predicted molar refractivity (Wildman–Crippen MR) is 120 cm³/mol. The Morgan fingerprint density at radius 2 is 1.68 bits per heavy atom. The number of benzene rings is 3. The van der Waals surface area contributed by atoms with Crippen LogP contribution >= 0.6 is 11.6 Å². The number of ether oxygens (including phenoxy) is 1. The van der Waals surface area contributed by atoms with Crippen LogP contribution in [-0.4, -0.2) is 41.9 Å². The normalized spacial score (nSPS) is 14.5. The monoisotopic (exact) mass is 438 g/mol. The number of hydrogen-bond donors (Lipinski definition) is 0. The Morgan fingerprint density at radius 3 is 2.39 bits per heavy atom. The second-order valence-electron chi connectivity index (χ2n) is 7.60. The maximum absolute atomic E-state index is 13.9. The fourth-order valence-corrected chi connectivity index (χ4v) is 3.81. The van der Waals surface area contributed by atoms with Gasteiger partial charge >= 0.3 is 0 Å². The first-order chi connectivity index (χ1) is 15.1. The molecule has 4 nitrogen and oxygen atoms in total. The van der Waals surface area contributed by atoms with Crippen molar-refractivity contribution in [2.24, 2.45) is 0 Å². The number of amides is 1. The highest BCUT2D eigenvalue weighted by atomic mass is 35.5. The molecule has 1 aliphatic rings. The van der Waals surface area contributed by atoms with E-state index in [1.807, 2.05) is 53.4 Å². The van der Waals surface area contributed by atoms with Crippen LogP contribution < -0.4 is 4.74 Å². The van der Waals surface area contributed by atoms with E-state index in [9.17, 15) is 9.18 Å². The van der Waals surface area contributed by atoms with Crippen molar-refractivity contribution in [3.8, 4) is 5.75 Å². The molecule has 0 saturated carbocycles. The third-order valence-electron chi connectivity index (χ3n) is 5.41. The Hall–Kier alpha value is -2.89. The van der Waals surface area contributed by atoms with E-state index >= 15 is 0 Å². The summed E-state index contributed by atoms with van der Waals surface area (Å²) in [5.41, 5.74) is 2.33. The minimum absolute atomic E-state index is 0.0212. The minimum Gasteiger partial charge on any atom is -0.489 e. The van der Waals surface area contributed by atoms with Crippen LogP contribution in [0.25, 0.3) is 0 Å². The Kier molecular flexibility index (Phi) is 6.85. The molecule has 0 unspecified atom stereocenters. The Morgan fingerprint density at radius 1 is 0.935 bits per heavy atom. The summed E-state index contributed by atoms with van der Waals surface area (Å²) in [6, 6.07) is 21.6. The molecular formula is C25H24ClFN2O2. The Labute approximate surface area is 186 Å². The van der Waals surface area contributed by atoms with Gasteiger partial charge in [0.1, 0.15) is 18.2 Å². The van der Waals surface area contributed by atoms with Gasteiger partial charge in [-0.05, 0) is 42.0 Å². The van der Waals surface area contributed by atoms with Crippen LogP contribution in [0, 0.1) is 5.82 Å². The van der Waals surface area contributed by atoms with E-state index in [-0.39, 0.29) is 11.7 Å². The van der Waals surface area contributed by atoms with Crippen LogP contribution in [0.5, 0.6) is 5.75 Å². The van der Waals surface area contributed by atoms with Crippen molar-refractivity contribution in [3.63, 3.8) is 0 Å². The molecule has 160 valence electrons. The first-order valence-corrected chi connectivity index (χ1v) is 10.7. The van der Waals surface area contributed by atoms with Gasteiger partial charge in [0.2, 0.25) is 0 Å². The molecule has 4 rings (SSSR count). The Balaban J connectivity index is 1.28. The molecule has 0 radical (unpaired) electrons. The number of halogens is 2. The van der Waals surface area contributed by atoms with Gasteiger partial charge in [-0.25, -0.2) is 4.39 Å². The molecule has 3 aromatic carbocycles. The summed E-state index contributed by atoms with van der Waals surface area (Å²) in [7, 11) is 0. The quantitative estimate of drug-likeness (QED) is 0.542. The maximum Gasteiger partial charge on any atom is 0.253 e. The van der Waals surface area contributed by atoms with Crippen molar-refractivity contribution in [3.05, 3.63) is 100 Å². The summed E-state index contributed by atoms with van der Waals surface area (Å²) in [4.78, 5) is 16.9. The molecule has 1 heterocycles. The van der Waals surface area contributed by atoms with E-state index in [0.717, 1.165) is 18.7 Å². The molecule has 1 fully saturated rings. The number of piperazine rings is 1. The summed E-state index contributed by atoms with van der Waals surface area (Å²) in [6.45, 7) is 3.69. The number of nitrogens with zero attached hydrogens (tertiary/aromatic N) is 2. The lowest BCUT2D eigenvalue weighted by Gasteiger charge is -2.34. The predicted octanol–water partition coefficient (Wildman–Crippen LogP) is 5.02. The van der Waals surface area contributed by atoms with Crippen LogP contribution in [0.15, 0.2) is 72.8 Å². The molecule has 0 aliphatic carbocycles. The third-order valence-corrected chi connectivity index (χ3v) is 5.65. The molecule has 0 atom stereocenters. The van der Waals surface area contributed by atoms with Crippen LogP contribution in [-0.2, 0) is 13.2 Å². The second kappa shape index (κ2) is 9.94. The van der Waals surface area contributed by atoms with E-state index in [1.54, 1.807) is 18.2 Å². The number of carbonyl (C=O) groups excluding carboxylic acids is 1. The largest absolute Gasteiger partial charge is 0.489 e. The summed E-state index contributed by atoms with van der Waals surface area (Å²) in [6.07, 6.45) is 0. The molecule has 0 bridgehead atoms. The SMILES string of the molecule is O=C(c1ccc(COc2cccc(Cl)c2)cc1)N1CCN(Cc2ccccc2F)CC1. The van der Waals surface area contributed by atoms with Crippen molar-refractivity contribution in [1.82, 2.24) is 9.80 Å². The topological polar surface area (TPSA) is 32.8 Å². The average Bonchev–Trinajstić information content (AvgIpc) is 2.80. The van der Waals surface area contributed by atoms with Gasteiger partial charge in [-0.1, -0.05) is 48.0 Å². The van der Waals surface area contributed by atoms with Crippen molar-refractivity contribution in [1.29, 1.82) is 0 Å². The lowest BCUT2D eigenvalue weighted by atomic mass is 10.1. The molecular weight excluding hydrogens is 415 g/mol. The highest BCUT2D eigenvalue weighted by Crippen LogP contribution is 2.19. The molecule has 1 aliphatic heterocycles. The molecule has 31 heavy (non-hydrogen) atoms. The van der Waals surface area contributed by atoms with Gasteiger partial charge in [-0.2, -0.15) is 0 Å². The standard InChI is InChI=1S/C25H24ClFN2O2/c26-22-5-3-6-23(16-22)31-18-19-8-10-20(11-9-19)25(30)29-14-12-28(13-15-29)17-21-4-1-2-7-24(21)27/h1-11,16H,12-15,17-18H2. The minimum atomic E-state index is -0.180. The zero-order valence-electron chi connectivity index (χ0n) is 17.1. The van der Waals surface area contributed by atoms with Crippen LogP contribution in [0.2, 0.25) is 5.02 Å². The fourth-order valence-electron chi connectivity index (χ4n) is 3.63. The van der Waals surface area contributed by atoms with Crippen molar-refractivity contribution in [2.75, 3.05) is 26.2 Å². The molecule has 1 amide bonds. The Bertz CT molecular complexity index is 1030. The van der Waals surface area contributed by atoms with Gasteiger partial charge in [0.05, 0.1) is 0 Å². The smallest absolute Gasteiger partial charge is 0.253 e. The summed E-state index contributed by atoms with van der Waals surface area (Å²) < 4.78 is 19.6.